The number of nitrogens with zero attached hydrogens (tertiary/aromatic N) is 3. The normalized spacial score (nSPS) is 19.7. The van der Waals surface area contributed by atoms with Gasteiger partial charge >= 0.3 is 0 Å². The molecule has 3 heterocycles. The van der Waals surface area contributed by atoms with Gasteiger partial charge in [-0.1, -0.05) is 0 Å². The van der Waals surface area contributed by atoms with E-state index < -0.39 is 0 Å². The van der Waals surface area contributed by atoms with Crippen molar-refractivity contribution in [3.8, 4) is 11.5 Å². The summed E-state index contributed by atoms with van der Waals surface area (Å²) in [6, 6.07) is 9.87. The fraction of sp³-hybridized carbons (Fsp3) is 0.440. The number of amides is 1. The maximum atomic E-state index is 13.4. The van der Waals surface area contributed by atoms with Gasteiger partial charge in [-0.15, -0.1) is 0 Å². The maximum absolute atomic E-state index is 13.4. The summed E-state index contributed by atoms with van der Waals surface area (Å²) < 4.78 is 18.9. The van der Waals surface area contributed by atoms with Gasteiger partial charge in [-0.25, -0.2) is 4.98 Å². The van der Waals surface area contributed by atoms with Crippen molar-refractivity contribution in [3.63, 3.8) is 0 Å². The van der Waals surface area contributed by atoms with Crippen LogP contribution in [0.5, 0.6) is 11.5 Å². The Hall–Kier alpha value is -3.06. The molecule has 7 nitrogen and oxygen atoms in total. The zero-order valence-electron chi connectivity index (χ0n) is 19.4. The number of rotatable bonds is 6. The van der Waals surface area contributed by atoms with Gasteiger partial charge in [-0.05, 0) is 56.2 Å². The second-order valence-corrected chi connectivity index (χ2v) is 8.57. The summed E-state index contributed by atoms with van der Waals surface area (Å²) in [4.78, 5) is 20.0. The Morgan fingerprint density at radius 2 is 1.78 bits per heavy atom. The maximum Gasteiger partial charge on any atom is 0.223 e. The Balaban J connectivity index is 1.75. The summed E-state index contributed by atoms with van der Waals surface area (Å²) in [7, 11) is 3.26. The molecule has 0 saturated carbocycles. The summed E-state index contributed by atoms with van der Waals surface area (Å²) in [5, 5.41) is 0. The van der Waals surface area contributed by atoms with Crippen LogP contribution in [0.1, 0.15) is 43.0 Å². The number of benzene rings is 1. The molecule has 1 aromatic carbocycles. The third-order valence-corrected chi connectivity index (χ3v) is 5.98. The molecule has 0 bridgehead atoms. The number of aryl methyl sites for hydroxylation is 1. The summed E-state index contributed by atoms with van der Waals surface area (Å²) in [5.74, 6) is 1.27. The van der Waals surface area contributed by atoms with E-state index in [-0.39, 0.29) is 24.0 Å². The lowest BCUT2D eigenvalue weighted by Gasteiger charge is -2.36. The highest BCUT2D eigenvalue weighted by atomic mass is 16.5. The fourth-order valence-electron chi connectivity index (χ4n) is 4.47. The first kappa shape index (κ1) is 22.1. The van der Waals surface area contributed by atoms with Crippen molar-refractivity contribution >= 4 is 11.6 Å². The van der Waals surface area contributed by atoms with E-state index in [9.17, 15) is 4.79 Å². The van der Waals surface area contributed by atoms with Crippen molar-refractivity contribution < 1.29 is 19.0 Å². The standard InChI is InChI=1S/C25H31N3O4/c1-16-6-7-28-23(13-26-24(28)8-16)22(19-9-20(30-4)11-21(10-19)31-5)12-25(29)27-14-17(2)32-18(3)15-27/h6-11,13,17-18,22H,12,14-15H2,1-5H3. The van der Waals surface area contributed by atoms with E-state index in [4.69, 9.17) is 14.2 Å². The number of hydrogen-bond acceptors (Lipinski definition) is 5. The van der Waals surface area contributed by atoms with E-state index in [1.807, 2.05) is 62.3 Å². The van der Waals surface area contributed by atoms with Crippen LogP contribution in [-0.4, -0.2) is 59.7 Å². The molecular formula is C25H31N3O4. The molecule has 1 aliphatic rings. The molecule has 0 spiro atoms. The SMILES string of the molecule is COc1cc(OC)cc(C(CC(=O)N2CC(C)OC(C)C2)c2cnc3cc(C)ccn23)c1. The van der Waals surface area contributed by atoms with E-state index in [0.717, 1.165) is 22.5 Å². The number of carbonyl (C=O) groups excluding carboxylic acids is 1. The van der Waals surface area contributed by atoms with E-state index in [1.165, 1.54) is 0 Å². The second kappa shape index (κ2) is 9.20. The largest absolute Gasteiger partial charge is 0.497 e. The predicted octanol–water partition coefficient (Wildman–Crippen LogP) is 3.82. The molecule has 4 rings (SSSR count). The molecule has 3 atom stereocenters. The van der Waals surface area contributed by atoms with Crippen LogP contribution < -0.4 is 9.47 Å². The van der Waals surface area contributed by atoms with Gasteiger partial charge < -0.3 is 23.5 Å². The third kappa shape index (κ3) is 4.58. The highest BCUT2D eigenvalue weighted by molar-refractivity contribution is 5.78. The molecule has 1 saturated heterocycles. The molecule has 1 fully saturated rings. The summed E-state index contributed by atoms with van der Waals surface area (Å²) in [6.07, 6.45) is 4.25. The quantitative estimate of drug-likeness (QED) is 0.587. The van der Waals surface area contributed by atoms with E-state index in [0.29, 0.717) is 31.0 Å². The first-order valence-corrected chi connectivity index (χ1v) is 11.0. The van der Waals surface area contributed by atoms with Crippen molar-refractivity contribution in [1.29, 1.82) is 0 Å². The molecule has 7 heteroatoms. The smallest absolute Gasteiger partial charge is 0.223 e. The lowest BCUT2D eigenvalue weighted by atomic mass is 9.91. The minimum Gasteiger partial charge on any atom is -0.497 e. The summed E-state index contributed by atoms with van der Waals surface area (Å²) >= 11 is 0. The van der Waals surface area contributed by atoms with Crippen molar-refractivity contribution in [1.82, 2.24) is 14.3 Å². The Morgan fingerprint density at radius 3 is 2.41 bits per heavy atom. The highest BCUT2D eigenvalue weighted by Crippen LogP contribution is 2.35. The molecule has 0 radical (unpaired) electrons. The van der Waals surface area contributed by atoms with Gasteiger partial charge in [0.2, 0.25) is 5.91 Å². The molecule has 32 heavy (non-hydrogen) atoms. The van der Waals surface area contributed by atoms with Crippen molar-refractivity contribution in [2.75, 3.05) is 27.3 Å². The average molecular weight is 438 g/mol. The Bertz CT molecular complexity index is 1080. The van der Waals surface area contributed by atoms with Crippen LogP contribution in [0.2, 0.25) is 0 Å². The molecule has 0 N–H and O–H groups in total. The van der Waals surface area contributed by atoms with Gasteiger partial charge in [-0.3, -0.25) is 4.79 Å². The Kier molecular flexibility index (Phi) is 6.37. The average Bonchev–Trinajstić information content (AvgIpc) is 3.18. The number of fused-ring (bicyclic) bond motifs is 1. The molecule has 1 aliphatic heterocycles. The highest BCUT2D eigenvalue weighted by Gasteiger charge is 2.30. The summed E-state index contributed by atoms with van der Waals surface area (Å²) in [6.45, 7) is 7.26. The minimum atomic E-state index is -0.210. The fourth-order valence-corrected chi connectivity index (χ4v) is 4.47. The van der Waals surface area contributed by atoms with Gasteiger partial charge in [0, 0.05) is 43.9 Å². The molecule has 170 valence electrons. The van der Waals surface area contributed by atoms with E-state index in [1.54, 1.807) is 14.2 Å². The molecule has 2 aromatic heterocycles. The Morgan fingerprint density at radius 1 is 1.12 bits per heavy atom. The van der Waals surface area contributed by atoms with Crippen LogP contribution >= 0.6 is 0 Å². The number of carbonyl (C=O) groups is 1. The van der Waals surface area contributed by atoms with Gasteiger partial charge in [0.1, 0.15) is 17.1 Å². The Labute approximate surface area is 188 Å². The number of morpholine rings is 1. The minimum absolute atomic E-state index is 0.0248. The van der Waals surface area contributed by atoms with Gasteiger partial charge in [-0.2, -0.15) is 0 Å². The second-order valence-electron chi connectivity index (χ2n) is 8.57. The zero-order valence-corrected chi connectivity index (χ0v) is 19.4. The summed E-state index contributed by atoms with van der Waals surface area (Å²) in [5.41, 5.74) is 3.91. The van der Waals surface area contributed by atoms with Crippen molar-refractivity contribution in [2.45, 2.75) is 45.3 Å². The van der Waals surface area contributed by atoms with E-state index >= 15 is 0 Å². The topological polar surface area (TPSA) is 65.3 Å². The van der Waals surface area contributed by atoms with Crippen LogP contribution in [0.4, 0.5) is 0 Å². The van der Waals surface area contributed by atoms with Crippen LogP contribution in [0.3, 0.4) is 0 Å². The third-order valence-electron chi connectivity index (χ3n) is 5.98. The number of aromatic nitrogens is 2. The number of pyridine rings is 1. The monoisotopic (exact) mass is 437 g/mol. The van der Waals surface area contributed by atoms with E-state index in [2.05, 4.69) is 15.5 Å². The predicted molar refractivity (Wildman–Crippen MR) is 123 cm³/mol. The number of hydrogen-bond donors (Lipinski definition) is 0. The van der Waals surface area contributed by atoms with Crippen molar-refractivity contribution in [2.24, 2.45) is 0 Å². The van der Waals surface area contributed by atoms with Crippen molar-refractivity contribution in [3.05, 3.63) is 59.5 Å². The first-order chi connectivity index (χ1) is 15.4. The van der Waals surface area contributed by atoms with Crippen LogP contribution in [0, 0.1) is 6.92 Å². The van der Waals surface area contributed by atoms with Gasteiger partial charge in [0.25, 0.3) is 0 Å². The van der Waals surface area contributed by atoms with Crippen LogP contribution in [-0.2, 0) is 9.53 Å². The number of methoxy groups -OCH3 is 2. The number of imidazole rings is 1. The molecule has 1 amide bonds. The van der Waals surface area contributed by atoms with Crippen LogP contribution in [0.15, 0.2) is 42.7 Å². The lowest BCUT2D eigenvalue weighted by molar-refractivity contribution is -0.143. The zero-order chi connectivity index (χ0) is 22.8. The molecule has 3 aromatic rings. The lowest BCUT2D eigenvalue weighted by Crippen LogP contribution is -2.48. The first-order valence-electron chi connectivity index (χ1n) is 11.0. The molecule has 0 aliphatic carbocycles. The van der Waals surface area contributed by atoms with Gasteiger partial charge in [0.15, 0.2) is 0 Å². The molecule has 3 unspecified atom stereocenters. The number of ether oxygens (including phenoxy) is 3. The van der Waals surface area contributed by atoms with Crippen LogP contribution in [0.25, 0.3) is 5.65 Å². The molecular weight excluding hydrogens is 406 g/mol. The van der Waals surface area contributed by atoms with Gasteiger partial charge in [0.05, 0.1) is 32.1 Å².